The molecule has 3 aliphatic rings. The number of amides is 2. The number of carbonyl (C=O) groups excluding carboxylic acids is 2. The van der Waals surface area contributed by atoms with Gasteiger partial charge >= 0.3 is 71.2 Å². The van der Waals surface area contributed by atoms with E-state index < -0.39 is 138 Å². The monoisotopic (exact) mass is 806 g/mol. The van der Waals surface area contributed by atoms with E-state index in [0.29, 0.717) is 0 Å². The number of phosphoric ester groups is 1. The maximum atomic E-state index is 12.4. The van der Waals surface area contributed by atoms with Crippen molar-refractivity contribution >= 4 is 19.6 Å². The summed E-state index contributed by atoms with van der Waals surface area (Å²) in [5.41, 5.74) is 0. The third kappa shape index (κ3) is 13.5. The smallest absolute Gasteiger partial charge is 0.790 e. The van der Waals surface area contributed by atoms with Crippen LogP contribution in [0.2, 0.25) is 0 Å². The van der Waals surface area contributed by atoms with E-state index in [1.54, 1.807) is 5.32 Å². The van der Waals surface area contributed by atoms with Gasteiger partial charge in [-0.25, -0.2) is 0 Å². The molecule has 3 rings (SSSR count). The molecule has 0 aromatic rings. The SMILES string of the molecule is CC(=O)N[C@@H]1[C@H](O[C@H]2[C@H](O)[C@@H](O)[C@@H](O[C@H]3[C@H](OCCCNC(=O)C(F)(F)F)O[C@@H](C)[C@H](O)[C@H]3O)O[C@@H]2CO)O[C@H](CO)[C@@H](OP(=O)([O-])[O-])[C@@H]1O.[Na+].[Na+]. The summed E-state index contributed by atoms with van der Waals surface area (Å²) in [6.07, 6.45) is -30.3. The number of carbonyl (C=O) groups is 2. The zero-order valence-corrected chi connectivity index (χ0v) is 33.2. The maximum absolute atomic E-state index is 12.4. The van der Waals surface area contributed by atoms with Gasteiger partial charge < -0.3 is 93.7 Å². The summed E-state index contributed by atoms with van der Waals surface area (Å²) in [6.45, 7) is -0.544. The summed E-state index contributed by atoms with van der Waals surface area (Å²) in [6, 6.07) is -1.73. The van der Waals surface area contributed by atoms with E-state index >= 15 is 0 Å². The minimum atomic E-state index is -5.78. The summed E-state index contributed by atoms with van der Waals surface area (Å²) in [5, 5.41) is 77.5. The zero-order chi connectivity index (χ0) is 37.7. The Morgan fingerprint density at radius 2 is 1.35 bits per heavy atom. The topological polar surface area (TPSA) is 328 Å². The molecule has 0 aromatic heterocycles. The molecule has 52 heavy (non-hydrogen) atoms. The van der Waals surface area contributed by atoms with Crippen molar-refractivity contribution in [2.24, 2.45) is 0 Å². The van der Waals surface area contributed by atoms with Gasteiger partial charge in [-0.1, -0.05) is 0 Å². The van der Waals surface area contributed by atoms with E-state index in [4.69, 9.17) is 28.4 Å². The Morgan fingerprint density at radius 1 is 0.808 bits per heavy atom. The van der Waals surface area contributed by atoms with E-state index in [1.165, 1.54) is 6.92 Å². The number of nitrogens with one attached hydrogen (secondary N) is 2. The Hall–Kier alpha value is 0.320. The number of hydrogen-bond donors (Lipinski definition) is 9. The van der Waals surface area contributed by atoms with Crippen molar-refractivity contribution in [3.63, 3.8) is 0 Å². The predicted octanol–water partition coefficient (Wildman–Crippen LogP) is -12.4. The first kappa shape index (κ1) is 50.3. The van der Waals surface area contributed by atoms with Crippen molar-refractivity contribution in [1.82, 2.24) is 10.6 Å². The van der Waals surface area contributed by atoms with Crippen molar-refractivity contribution in [1.29, 1.82) is 0 Å². The molecule has 0 bridgehead atoms. The van der Waals surface area contributed by atoms with Crippen LogP contribution in [0.5, 0.6) is 0 Å². The van der Waals surface area contributed by atoms with Crippen molar-refractivity contribution in [3.05, 3.63) is 0 Å². The molecular formula is C25H40F3N2Na2O19P. The summed E-state index contributed by atoms with van der Waals surface area (Å²) in [4.78, 5) is 45.4. The Kier molecular flexibility index (Phi) is 21.0. The van der Waals surface area contributed by atoms with Gasteiger partial charge in [0.25, 0.3) is 0 Å². The van der Waals surface area contributed by atoms with Crippen LogP contribution in [0.25, 0.3) is 0 Å². The van der Waals surface area contributed by atoms with E-state index in [0.717, 1.165) is 6.92 Å². The van der Waals surface area contributed by atoms with Crippen LogP contribution in [-0.4, -0.2) is 172 Å². The van der Waals surface area contributed by atoms with Crippen LogP contribution in [0.15, 0.2) is 0 Å². The average molecular weight is 807 g/mol. The third-order valence-electron chi connectivity index (χ3n) is 7.81. The number of hydrogen-bond acceptors (Lipinski definition) is 19. The Balaban J connectivity index is 0.00000676. The Morgan fingerprint density at radius 3 is 1.88 bits per heavy atom. The average Bonchev–Trinajstić information content (AvgIpc) is 3.02. The molecule has 0 radical (unpaired) electrons. The Labute approximate surface area is 338 Å². The van der Waals surface area contributed by atoms with Crippen LogP contribution < -0.4 is 79.5 Å². The quantitative estimate of drug-likeness (QED) is 0.0447. The van der Waals surface area contributed by atoms with E-state index in [2.05, 4.69) is 9.84 Å². The minimum absolute atomic E-state index is 0. The zero-order valence-electron chi connectivity index (χ0n) is 28.3. The maximum Gasteiger partial charge on any atom is 1.00 e. The number of rotatable bonds is 14. The molecule has 0 aliphatic carbocycles. The molecule has 0 saturated carbocycles. The van der Waals surface area contributed by atoms with Gasteiger partial charge in [0, 0.05) is 13.5 Å². The summed E-state index contributed by atoms with van der Waals surface area (Å²) < 4.78 is 86.0. The fourth-order valence-electron chi connectivity index (χ4n) is 5.35. The van der Waals surface area contributed by atoms with Crippen LogP contribution in [-0.2, 0) is 47.1 Å². The molecule has 2 amide bonds. The van der Waals surface area contributed by atoms with Crippen molar-refractivity contribution in [3.8, 4) is 0 Å². The van der Waals surface area contributed by atoms with Gasteiger partial charge in [-0.3, -0.25) is 9.59 Å². The minimum Gasteiger partial charge on any atom is -0.790 e. The number of halogens is 3. The molecule has 0 aromatic carbocycles. The number of ether oxygens (including phenoxy) is 6. The van der Waals surface area contributed by atoms with Gasteiger partial charge in [-0.2, -0.15) is 13.2 Å². The van der Waals surface area contributed by atoms with Crippen molar-refractivity contribution in [2.45, 2.75) is 119 Å². The standard InChI is InChI=1S/C25H42F3N2O19P.2Na/c1-8-13(34)15(36)20(23(44-8)43-5-3-4-29-24(39)25(26,27)28)48-22-17(38)16(37)18(10(6-31)46-22)47-21-12(30-9(2)33)14(35)19(11(7-32)45-21)49-50(40,41)42;;/h8,10-23,31-32,34-38H,3-7H2,1-2H3,(H,29,39)(H,30,33)(H2,40,41,42);;/q;2*+1/p-2/t8-,10+,11+,12-,13-,14+,15+,16+,17+,18+,19+,20+,21-,22+,23+;;/m0../s1. The number of alkyl halides is 3. The summed E-state index contributed by atoms with van der Waals surface area (Å²) >= 11 is 0. The van der Waals surface area contributed by atoms with Gasteiger partial charge in [0.05, 0.1) is 33.7 Å². The number of aliphatic hydroxyl groups excluding tert-OH is 7. The second kappa shape index (κ2) is 21.7. The first-order chi connectivity index (χ1) is 23.2. The Bertz CT molecular complexity index is 1180. The van der Waals surface area contributed by atoms with E-state index in [9.17, 15) is 72.9 Å². The second-order valence-electron chi connectivity index (χ2n) is 11.5. The van der Waals surface area contributed by atoms with Gasteiger partial charge in [0.15, 0.2) is 18.9 Å². The van der Waals surface area contributed by atoms with Gasteiger partial charge in [0.2, 0.25) is 5.91 Å². The molecule has 15 atom stereocenters. The first-order valence-electron chi connectivity index (χ1n) is 15.0. The molecule has 27 heteroatoms. The fraction of sp³-hybridized carbons (Fsp3) is 0.920. The molecule has 3 heterocycles. The number of phosphoric acid groups is 1. The second-order valence-corrected chi connectivity index (χ2v) is 12.6. The van der Waals surface area contributed by atoms with Crippen LogP contribution in [0, 0.1) is 0 Å². The molecule has 9 N–H and O–H groups in total. The summed E-state index contributed by atoms with van der Waals surface area (Å²) in [5.74, 6) is -3.01. The molecular weight excluding hydrogens is 766 g/mol. The first-order valence-corrected chi connectivity index (χ1v) is 16.5. The number of aliphatic hydroxyl groups is 7. The van der Waals surface area contributed by atoms with Crippen LogP contribution >= 0.6 is 7.82 Å². The molecule has 21 nitrogen and oxygen atoms in total. The van der Waals surface area contributed by atoms with Crippen molar-refractivity contribution in [2.75, 3.05) is 26.4 Å². The van der Waals surface area contributed by atoms with E-state index in [1.807, 2.05) is 0 Å². The fourth-order valence-corrected chi connectivity index (χ4v) is 5.91. The molecule has 3 fully saturated rings. The van der Waals surface area contributed by atoms with Crippen LogP contribution in [0.1, 0.15) is 20.3 Å². The largest absolute Gasteiger partial charge is 1.00 e. The molecule has 3 saturated heterocycles. The van der Waals surface area contributed by atoms with Gasteiger partial charge in [0.1, 0.15) is 67.1 Å². The third-order valence-corrected chi connectivity index (χ3v) is 8.31. The van der Waals surface area contributed by atoms with Crippen molar-refractivity contribution < 1.29 is 165 Å². The summed E-state index contributed by atoms with van der Waals surface area (Å²) in [7, 11) is -5.78. The van der Waals surface area contributed by atoms with Gasteiger partial charge in [-0.15, -0.1) is 0 Å². The molecule has 3 aliphatic heterocycles. The van der Waals surface area contributed by atoms with Crippen LogP contribution in [0.3, 0.4) is 0 Å². The molecule has 0 unspecified atom stereocenters. The molecule has 0 spiro atoms. The normalized spacial score (nSPS) is 38.4. The molecule has 292 valence electrons. The predicted molar refractivity (Wildman–Crippen MR) is 145 cm³/mol. The van der Waals surface area contributed by atoms with Gasteiger partial charge in [-0.05, 0) is 13.3 Å². The van der Waals surface area contributed by atoms with Crippen LogP contribution in [0.4, 0.5) is 13.2 Å². The van der Waals surface area contributed by atoms with E-state index in [-0.39, 0.29) is 72.1 Å².